The maximum absolute atomic E-state index is 11.2. The molecule has 0 radical (unpaired) electrons. The molecule has 0 amide bonds. The van der Waals surface area contributed by atoms with Crippen molar-refractivity contribution in [1.82, 2.24) is 9.97 Å². The molecule has 0 bridgehead atoms. The molecule has 1 aromatic rings. The van der Waals surface area contributed by atoms with Crippen LogP contribution in [-0.2, 0) is 4.74 Å². The van der Waals surface area contributed by atoms with E-state index in [1.807, 2.05) is 0 Å². The summed E-state index contributed by atoms with van der Waals surface area (Å²) in [5, 5.41) is 3.17. The maximum Gasteiger partial charge on any atom is 0.271 e. The molecule has 6 heteroatoms. The minimum atomic E-state index is -0.321. The van der Waals surface area contributed by atoms with Gasteiger partial charge in [0, 0.05) is 13.2 Å². The molecular formula is C11H16ClN3O2. The Morgan fingerprint density at radius 3 is 3.24 bits per heavy atom. The van der Waals surface area contributed by atoms with E-state index >= 15 is 0 Å². The fourth-order valence-electron chi connectivity index (χ4n) is 1.89. The molecule has 1 aliphatic rings. The first-order valence-electron chi connectivity index (χ1n) is 5.86. The van der Waals surface area contributed by atoms with Gasteiger partial charge < -0.3 is 15.0 Å². The van der Waals surface area contributed by atoms with Gasteiger partial charge in [0.1, 0.15) is 5.02 Å². The van der Waals surface area contributed by atoms with Crippen molar-refractivity contribution < 1.29 is 4.74 Å². The molecule has 1 fully saturated rings. The van der Waals surface area contributed by atoms with Gasteiger partial charge in [-0.05, 0) is 25.7 Å². The lowest BCUT2D eigenvalue weighted by Crippen LogP contribution is -2.22. The molecule has 17 heavy (non-hydrogen) atoms. The minimum Gasteiger partial charge on any atom is -0.378 e. The van der Waals surface area contributed by atoms with Gasteiger partial charge in [0.05, 0.1) is 12.4 Å². The third kappa shape index (κ3) is 3.44. The molecule has 2 N–H and O–H groups in total. The molecule has 5 nitrogen and oxygen atoms in total. The third-order valence-electron chi connectivity index (χ3n) is 2.83. The fourth-order valence-corrected chi connectivity index (χ4v) is 2.06. The first-order valence-corrected chi connectivity index (χ1v) is 6.24. The molecule has 0 saturated carbocycles. The first-order chi connectivity index (χ1) is 8.27. The Kier molecular flexibility index (Phi) is 4.39. The highest BCUT2D eigenvalue weighted by Gasteiger charge is 2.13. The Morgan fingerprint density at radius 2 is 2.47 bits per heavy atom. The number of hydrogen-bond acceptors (Lipinski definition) is 4. The molecule has 1 unspecified atom stereocenters. The van der Waals surface area contributed by atoms with Gasteiger partial charge in [0.25, 0.3) is 5.56 Å². The van der Waals surface area contributed by atoms with Crippen LogP contribution in [0.5, 0.6) is 0 Å². The van der Waals surface area contributed by atoms with E-state index in [0.717, 1.165) is 25.9 Å². The van der Waals surface area contributed by atoms with Crippen LogP contribution in [0.2, 0.25) is 5.02 Å². The molecule has 1 aromatic heterocycles. The van der Waals surface area contributed by atoms with Gasteiger partial charge in [-0.15, -0.1) is 0 Å². The van der Waals surface area contributed by atoms with Crippen molar-refractivity contribution in [2.24, 2.45) is 0 Å². The summed E-state index contributed by atoms with van der Waals surface area (Å²) in [6.07, 6.45) is 6.06. The van der Waals surface area contributed by atoms with Gasteiger partial charge in [-0.1, -0.05) is 11.6 Å². The van der Waals surface area contributed by atoms with Crippen LogP contribution in [0.25, 0.3) is 0 Å². The summed E-state index contributed by atoms with van der Waals surface area (Å²) in [6, 6.07) is 0. The quantitative estimate of drug-likeness (QED) is 0.863. The average molecular weight is 258 g/mol. The lowest BCUT2D eigenvalue weighted by atomic mass is 10.1. The zero-order valence-electron chi connectivity index (χ0n) is 9.54. The molecular weight excluding hydrogens is 242 g/mol. The highest BCUT2D eigenvalue weighted by Crippen LogP contribution is 2.16. The lowest BCUT2D eigenvalue weighted by molar-refractivity contribution is 0.0134. The Balaban J connectivity index is 1.81. The summed E-state index contributed by atoms with van der Waals surface area (Å²) in [5.41, 5.74) is -0.321. The van der Waals surface area contributed by atoms with E-state index in [-0.39, 0.29) is 10.6 Å². The molecule has 1 atom stereocenters. The third-order valence-corrected chi connectivity index (χ3v) is 3.18. The summed E-state index contributed by atoms with van der Waals surface area (Å²) in [6.45, 7) is 1.56. The van der Waals surface area contributed by atoms with Crippen LogP contribution in [-0.4, -0.2) is 29.2 Å². The van der Waals surface area contributed by atoms with Crippen molar-refractivity contribution in [3.63, 3.8) is 0 Å². The van der Waals surface area contributed by atoms with Crippen LogP contribution in [0.4, 0.5) is 5.82 Å². The monoisotopic (exact) mass is 257 g/mol. The van der Waals surface area contributed by atoms with E-state index in [1.165, 1.54) is 12.7 Å². The van der Waals surface area contributed by atoms with Crippen molar-refractivity contribution in [3.05, 3.63) is 21.7 Å². The Morgan fingerprint density at radius 1 is 1.59 bits per heavy atom. The molecule has 1 aliphatic heterocycles. The van der Waals surface area contributed by atoms with E-state index < -0.39 is 0 Å². The molecule has 1 saturated heterocycles. The maximum atomic E-state index is 11.2. The van der Waals surface area contributed by atoms with Crippen LogP contribution in [0, 0.1) is 0 Å². The molecule has 2 rings (SSSR count). The Bertz CT molecular complexity index is 415. The van der Waals surface area contributed by atoms with Gasteiger partial charge in [-0.3, -0.25) is 4.79 Å². The highest BCUT2D eigenvalue weighted by molar-refractivity contribution is 6.32. The molecule has 0 aliphatic carbocycles. The minimum absolute atomic E-state index is 0.108. The summed E-state index contributed by atoms with van der Waals surface area (Å²) >= 11 is 5.81. The van der Waals surface area contributed by atoms with Gasteiger partial charge in [0.2, 0.25) is 0 Å². The number of nitrogens with zero attached hydrogens (tertiary/aromatic N) is 1. The summed E-state index contributed by atoms with van der Waals surface area (Å²) < 4.78 is 5.61. The smallest absolute Gasteiger partial charge is 0.271 e. The second kappa shape index (κ2) is 6.02. The summed E-state index contributed by atoms with van der Waals surface area (Å²) in [4.78, 5) is 17.6. The van der Waals surface area contributed by atoms with E-state index in [9.17, 15) is 4.79 Å². The predicted molar refractivity (Wildman–Crippen MR) is 66.6 cm³/mol. The van der Waals surface area contributed by atoms with E-state index in [0.29, 0.717) is 18.5 Å². The van der Waals surface area contributed by atoms with Crippen LogP contribution < -0.4 is 10.9 Å². The van der Waals surface area contributed by atoms with Crippen LogP contribution in [0.15, 0.2) is 11.1 Å². The van der Waals surface area contributed by atoms with Gasteiger partial charge in [-0.25, -0.2) is 4.98 Å². The fraction of sp³-hybridized carbons (Fsp3) is 0.636. The Labute approximate surface area is 105 Å². The van der Waals surface area contributed by atoms with Crippen LogP contribution in [0.1, 0.15) is 25.7 Å². The number of aromatic amines is 1. The SMILES string of the molecule is O=c1[nH]cnc(NCCC2CCCCO2)c1Cl. The van der Waals surface area contributed by atoms with Crippen molar-refractivity contribution in [2.75, 3.05) is 18.5 Å². The van der Waals surface area contributed by atoms with E-state index in [4.69, 9.17) is 16.3 Å². The number of rotatable bonds is 4. The van der Waals surface area contributed by atoms with Crippen LogP contribution >= 0.6 is 11.6 Å². The molecule has 0 spiro atoms. The average Bonchev–Trinajstić information content (AvgIpc) is 2.36. The zero-order chi connectivity index (χ0) is 12.1. The molecule has 2 heterocycles. The number of anilines is 1. The van der Waals surface area contributed by atoms with Crippen molar-refractivity contribution in [1.29, 1.82) is 0 Å². The number of H-pyrrole nitrogens is 1. The Hall–Kier alpha value is -1.07. The predicted octanol–water partition coefficient (Wildman–Crippen LogP) is 1.79. The van der Waals surface area contributed by atoms with Gasteiger partial charge in [0.15, 0.2) is 5.82 Å². The second-order valence-electron chi connectivity index (χ2n) is 4.10. The normalized spacial score (nSPS) is 20.2. The molecule has 0 aromatic carbocycles. The topological polar surface area (TPSA) is 67.0 Å². The van der Waals surface area contributed by atoms with E-state index in [2.05, 4.69) is 15.3 Å². The standard InChI is InChI=1S/C11H16ClN3O2/c12-9-10(14-7-15-11(9)16)13-5-4-8-3-1-2-6-17-8/h7-8H,1-6H2,(H2,13,14,15,16). The zero-order valence-corrected chi connectivity index (χ0v) is 10.3. The highest BCUT2D eigenvalue weighted by atomic mass is 35.5. The first kappa shape index (κ1) is 12.4. The summed E-state index contributed by atoms with van der Waals surface area (Å²) in [7, 11) is 0. The second-order valence-corrected chi connectivity index (χ2v) is 4.48. The van der Waals surface area contributed by atoms with E-state index in [1.54, 1.807) is 0 Å². The number of halogens is 1. The summed E-state index contributed by atoms with van der Waals surface area (Å²) in [5.74, 6) is 0.436. The number of aromatic nitrogens is 2. The largest absolute Gasteiger partial charge is 0.378 e. The van der Waals surface area contributed by atoms with Gasteiger partial charge in [-0.2, -0.15) is 0 Å². The number of hydrogen-bond donors (Lipinski definition) is 2. The van der Waals surface area contributed by atoms with Crippen molar-refractivity contribution in [2.45, 2.75) is 31.8 Å². The van der Waals surface area contributed by atoms with Crippen molar-refractivity contribution in [3.8, 4) is 0 Å². The molecule has 94 valence electrons. The van der Waals surface area contributed by atoms with Crippen LogP contribution in [0.3, 0.4) is 0 Å². The lowest BCUT2D eigenvalue weighted by Gasteiger charge is -2.22. The number of ether oxygens (including phenoxy) is 1. The van der Waals surface area contributed by atoms with Crippen molar-refractivity contribution >= 4 is 17.4 Å². The number of nitrogens with one attached hydrogen (secondary N) is 2. The van der Waals surface area contributed by atoms with Gasteiger partial charge >= 0.3 is 0 Å².